The summed E-state index contributed by atoms with van der Waals surface area (Å²) < 4.78 is 16.2. The molecule has 0 unspecified atom stereocenters. The summed E-state index contributed by atoms with van der Waals surface area (Å²) in [4.78, 5) is 39.8. The molecule has 3 aromatic rings. The number of hydrogen-bond donors (Lipinski definition) is 1. The van der Waals surface area contributed by atoms with Gasteiger partial charge in [0.1, 0.15) is 22.8 Å². The molecule has 0 saturated heterocycles. The first-order valence-electron chi connectivity index (χ1n) is 10.6. The maximum absolute atomic E-state index is 13.5. The quantitative estimate of drug-likeness (QED) is 0.148. The van der Waals surface area contributed by atoms with Gasteiger partial charge < -0.3 is 19.5 Å². The molecule has 7 nitrogen and oxygen atoms in total. The number of hydrogen-bond acceptors (Lipinski definition) is 7. The second-order valence-corrected chi connectivity index (χ2v) is 7.94. The molecule has 0 aliphatic carbocycles. The first kappa shape index (κ1) is 22.8. The van der Waals surface area contributed by atoms with Crippen molar-refractivity contribution in [3.8, 4) is 17.2 Å². The first-order valence-corrected chi connectivity index (χ1v) is 10.6. The van der Waals surface area contributed by atoms with Crippen molar-refractivity contribution in [2.75, 3.05) is 12.4 Å². The van der Waals surface area contributed by atoms with Crippen molar-refractivity contribution >= 4 is 23.4 Å². The number of carbonyl (C=O) groups excluding carboxylic acids is 3. The van der Waals surface area contributed by atoms with Crippen LogP contribution in [-0.2, 0) is 9.59 Å². The number of anilines is 1. The second kappa shape index (κ2) is 9.23. The van der Waals surface area contributed by atoms with Crippen molar-refractivity contribution in [1.29, 1.82) is 0 Å². The number of fused-ring (bicyclic) bond motifs is 1. The van der Waals surface area contributed by atoms with Gasteiger partial charge in [0.25, 0.3) is 0 Å². The number of carbonyl (C=O) groups is 3. The van der Waals surface area contributed by atoms with Gasteiger partial charge >= 0.3 is 11.9 Å². The molecular weight excluding hydrogens is 434 g/mol. The number of methoxy groups -OCH3 is 1. The van der Waals surface area contributed by atoms with Crippen molar-refractivity contribution in [2.45, 2.75) is 20.8 Å². The predicted molar refractivity (Wildman–Crippen MR) is 126 cm³/mol. The van der Waals surface area contributed by atoms with E-state index in [-0.39, 0.29) is 11.3 Å². The van der Waals surface area contributed by atoms with E-state index in [1.807, 2.05) is 32.9 Å². The molecule has 0 atom stereocenters. The van der Waals surface area contributed by atoms with Gasteiger partial charge in [-0.15, -0.1) is 0 Å². The molecule has 172 valence electrons. The third kappa shape index (κ3) is 4.41. The number of aryl methyl sites for hydroxylation is 3. The van der Waals surface area contributed by atoms with Crippen molar-refractivity contribution in [3.63, 3.8) is 0 Å². The van der Waals surface area contributed by atoms with Crippen LogP contribution in [0.5, 0.6) is 17.2 Å². The van der Waals surface area contributed by atoms with E-state index < -0.39 is 23.3 Å². The van der Waals surface area contributed by atoms with Crippen LogP contribution in [0.25, 0.3) is 0 Å². The highest BCUT2D eigenvalue weighted by Gasteiger charge is 2.34. The van der Waals surface area contributed by atoms with Crippen LogP contribution in [0.15, 0.2) is 71.9 Å². The maximum Gasteiger partial charge on any atom is 0.361 e. The molecule has 0 radical (unpaired) electrons. The molecule has 0 fully saturated rings. The summed E-state index contributed by atoms with van der Waals surface area (Å²) in [6.07, 6.45) is 0. The number of esters is 2. The van der Waals surface area contributed by atoms with Crippen molar-refractivity contribution in [3.05, 3.63) is 94.2 Å². The fourth-order valence-corrected chi connectivity index (χ4v) is 3.83. The Morgan fingerprint density at radius 1 is 0.912 bits per heavy atom. The molecule has 0 amide bonds. The maximum atomic E-state index is 13.5. The lowest BCUT2D eigenvalue weighted by molar-refractivity contribution is -0.133. The zero-order valence-electron chi connectivity index (χ0n) is 19.2. The number of benzene rings is 3. The average Bonchev–Trinajstić information content (AvgIpc) is 2.81. The Kier molecular flexibility index (Phi) is 6.19. The van der Waals surface area contributed by atoms with Crippen LogP contribution in [0, 0.1) is 20.8 Å². The number of rotatable bonds is 5. The fraction of sp³-hybridized carbons (Fsp3) is 0.148. The van der Waals surface area contributed by atoms with Gasteiger partial charge in [-0.3, -0.25) is 4.79 Å². The van der Waals surface area contributed by atoms with E-state index in [1.54, 1.807) is 36.4 Å². The predicted octanol–water partition coefficient (Wildman–Crippen LogP) is 4.69. The van der Waals surface area contributed by atoms with E-state index in [0.29, 0.717) is 22.9 Å². The van der Waals surface area contributed by atoms with Crippen LogP contribution in [0.1, 0.15) is 27.0 Å². The highest BCUT2D eigenvalue weighted by Crippen LogP contribution is 2.33. The Morgan fingerprint density at radius 2 is 1.56 bits per heavy atom. The zero-order chi connectivity index (χ0) is 24.4. The summed E-state index contributed by atoms with van der Waals surface area (Å²) in [5.41, 5.74) is 2.37. The van der Waals surface area contributed by atoms with Crippen LogP contribution in [0.3, 0.4) is 0 Å². The Hall–Kier alpha value is -4.39. The molecule has 0 spiro atoms. The van der Waals surface area contributed by atoms with Crippen molar-refractivity contribution < 1.29 is 28.6 Å². The van der Waals surface area contributed by atoms with E-state index in [9.17, 15) is 14.4 Å². The molecule has 7 heteroatoms. The molecule has 1 aliphatic heterocycles. The molecule has 0 bridgehead atoms. The number of nitrogens with one attached hydrogen (secondary N) is 1. The minimum atomic E-state index is -0.963. The summed E-state index contributed by atoms with van der Waals surface area (Å²) >= 11 is 0. The number of para-hydroxylation sites is 2. The van der Waals surface area contributed by atoms with E-state index in [2.05, 4.69) is 5.32 Å². The minimum absolute atomic E-state index is 0.186. The molecule has 1 heterocycles. The third-order valence-corrected chi connectivity index (χ3v) is 5.39. The summed E-state index contributed by atoms with van der Waals surface area (Å²) in [6, 6.07) is 16.7. The van der Waals surface area contributed by atoms with E-state index in [4.69, 9.17) is 14.2 Å². The van der Waals surface area contributed by atoms with Gasteiger partial charge in [0.15, 0.2) is 5.75 Å². The number of ether oxygens (including phenoxy) is 3. The summed E-state index contributed by atoms with van der Waals surface area (Å²) in [5, 5.41) is 2.88. The first-order chi connectivity index (χ1) is 16.3. The Bertz CT molecular complexity index is 1310. The van der Waals surface area contributed by atoms with Gasteiger partial charge in [-0.1, -0.05) is 29.8 Å². The summed E-state index contributed by atoms with van der Waals surface area (Å²) in [5.74, 6) is -1.33. The van der Waals surface area contributed by atoms with E-state index in [1.165, 1.54) is 19.2 Å². The van der Waals surface area contributed by atoms with E-state index in [0.717, 1.165) is 16.7 Å². The molecule has 4 rings (SSSR count). The van der Waals surface area contributed by atoms with Gasteiger partial charge in [0, 0.05) is 5.56 Å². The van der Waals surface area contributed by atoms with Gasteiger partial charge in [0.2, 0.25) is 5.78 Å². The molecule has 1 aliphatic rings. The number of Topliss-reactive ketones (excluding diaryl/α,β-unsaturated/α-hetero) is 1. The lowest BCUT2D eigenvalue weighted by Crippen LogP contribution is -2.31. The summed E-state index contributed by atoms with van der Waals surface area (Å²) in [7, 11) is 1.51. The normalized spacial score (nSPS) is 13.8. The van der Waals surface area contributed by atoms with E-state index >= 15 is 0 Å². The Balaban J connectivity index is 1.81. The highest BCUT2D eigenvalue weighted by molar-refractivity contribution is 6.28. The lowest BCUT2D eigenvalue weighted by Gasteiger charge is -2.22. The van der Waals surface area contributed by atoms with Crippen LogP contribution in [0.4, 0.5) is 5.69 Å². The van der Waals surface area contributed by atoms with Gasteiger partial charge in [-0.2, -0.15) is 0 Å². The van der Waals surface area contributed by atoms with Gasteiger partial charge in [-0.25, -0.2) is 9.59 Å². The minimum Gasteiger partial charge on any atom is -0.497 e. The van der Waals surface area contributed by atoms with Crippen LogP contribution >= 0.6 is 0 Å². The molecular formula is C27H23NO6. The standard InChI is InChI=1S/C27H23NO6/c1-15-13-16(2)25(17(3)14-15)34-26(30)22(24(29)18-9-11-19(32-4)12-10-18)23-27(31)33-21-8-6-5-7-20(21)28-23/h5-14,28H,1-4H3. The monoisotopic (exact) mass is 457 g/mol. The van der Waals surface area contributed by atoms with Crippen molar-refractivity contribution in [1.82, 2.24) is 0 Å². The number of ketones is 1. The molecule has 1 N–H and O–H groups in total. The van der Waals surface area contributed by atoms with Crippen molar-refractivity contribution in [2.24, 2.45) is 0 Å². The molecule has 34 heavy (non-hydrogen) atoms. The SMILES string of the molecule is COc1ccc(C(=O)C(C(=O)Oc2c(C)cc(C)cc2C)=C2Nc3ccccc3OC2=O)cc1. The van der Waals surface area contributed by atoms with Crippen LogP contribution < -0.4 is 19.5 Å². The second-order valence-electron chi connectivity index (χ2n) is 7.94. The molecule has 3 aromatic carbocycles. The summed E-state index contributed by atoms with van der Waals surface area (Å²) in [6.45, 7) is 5.56. The topological polar surface area (TPSA) is 90.9 Å². The smallest absolute Gasteiger partial charge is 0.361 e. The Labute approximate surface area is 197 Å². The Morgan fingerprint density at radius 3 is 2.21 bits per heavy atom. The lowest BCUT2D eigenvalue weighted by atomic mass is 10.00. The zero-order valence-corrected chi connectivity index (χ0v) is 19.2. The third-order valence-electron chi connectivity index (χ3n) is 5.39. The largest absolute Gasteiger partial charge is 0.497 e. The van der Waals surface area contributed by atoms with Crippen LogP contribution in [0.2, 0.25) is 0 Å². The van der Waals surface area contributed by atoms with Gasteiger partial charge in [-0.05, 0) is 68.3 Å². The molecule has 0 saturated carbocycles. The van der Waals surface area contributed by atoms with Gasteiger partial charge in [0.05, 0.1) is 12.8 Å². The fourth-order valence-electron chi connectivity index (χ4n) is 3.83. The average molecular weight is 457 g/mol. The van der Waals surface area contributed by atoms with Crippen LogP contribution in [-0.4, -0.2) is 24.8 Å². The highest BCUT2D eigenvalue weighted by atomic mass is 16.5. The molecule has 0 aromatic heterocycles.